The van der Waals surface area contributed by atoms with E-state index < -0.39 is 0 Å². The van der Waals surface area contributed by atoms with Crippen LogP contribution >= 0.6 is 0 Å². The number of ether oxygens (including phenoxy) is 1. The van der Waals surface area contributed by atoms with Gasteiger partial charge in [0.1, 0.15) is 6.61 Å². The summed E-state index contributed by atoms with van der Waals surface area (Å²) in [4.78, 5) is 15.8. The lowest BCUT2D eigenvalue weighted by Crippen LogP contribution is -2.48. The van der Waals surface area contributed by atoms with Gasteiger partial charge in [-0.1, -0.05) is 6.92 Å². The van der Waals surface area contributed by atoms with E-state index in [0.717, 1.165) is 39.3 Å². The maximum Gasteiger partial charge on any atom is 0.248 e. The van der Waals surface area contributed by atoms with Gasteiger partial charge < -0.3 is 19.9 Å². The van der Waals surface area contributed by atoms with E-state index in [9.17, 15) is 4.79 Å². The highest BCUT2D eigenvalue weighted by Gasteiger charge is 2.18. The topological polar surface area (TPSA) is 44.8 Å². The number of piperazine rings is 1. The molecule has 1 saturated heterocycles. The fourth-order valence-corrected chi connectivity index (χ4v) is 1.63. The van der Waals surface area contributed by atoms with Crippen molar-refractivity contribution < 1.29 is 9.53 Å². The third-order valence-corrected chi connectivity index (χ3v) is 2.75. The number of rotatable bonds is 6. The molecular formula is C11H23N3O2. The average molecular weight is 229 g/mol. The summed E-state index contributed by atoms with van der Waals surface area (Å²) >= 11 is 0. The first kappa shape index (κ1) is 13.4. The molecule has 0 radical (unpaired) electrons. The van der Waals surface area contributed by atoms with E-state index >= 15 is 0 Å². The third kappa shape index (κ3) is 4.92. The second-order valence-corrected chi connectivity index (χ2v) is 4.09. The smallest absolute Gasteiger partial charge is 0.248 e. The van der Waals surface area contributed by atoms with E-state index in [2.05, 4.69) is 24.2 Å². The van der Waals surface area contributed by atoms with Crippen LogP contribution in [-0.4, -0.2) is 75.2 Å². The van der Waals surface area contributed by atoms with Crippen LogP contribution in [0.25, 0.3) is 0 Å². The minimum atomic E-state index is 0.115. The third-order valence-electron chi connectivity index (χ3n) is 2.75. The molecule has 0 saturated carbocycles. The minimum absolute atomic E-state index is 0.115. The van der Waals surface area contributed by atoms with Gasteiger partial charge in [0.15, 0.2) is 0 Å². The van der Waals surface area contributed by atoms with E-state index in [1.165, 1.54) is 0 Å². The van der Waals surface area contributed by atoms with Crippen LogP contribution in [-0.2, 0) is 9.53 Å². The molecule has 94 valence electrons. The Bertz CT molecular complexity index is 203. The largest absolute Gasteiger partial charge is 0.370 e. The molecule has 1 fully saturated rings. The molecule has 1 amide bonds. The highest BCUT2D eigenvalue weighted by Crippen LogP contribution is 1.99. The van der Waals surface area contributed by atoms with Gasteiger partial charge in [0, 0.05) is 32.7 Å². The summed E-state index contributed by atoms with van der Waals surface area (Å²) in [5, 5.41) is 3.15. The number of hydrogen-bond donors (Lipinski definition) is 1. The molecule has 0 aliphatic carbocycles. The molecule has 1 aliphatic heterocycles. The van der Waals surface area contributed by atoms with Crippen molar-refractivity contribution in [3.8, 4) is 0 Å². The van der Waals surface area contributed by atoms with Crippen LogP contribution in [0.2, 0.25) is 0 Å². The van der Waals surface area contributed by atoms with Crippen LogP contribution in [0.15, 0.2) is 0 Å². The summed E-state index contributed by atoms with van der Waals surface area (Å²) in [7, 11) is 2.08. The lowest BCUT2D eigenvalue weighted by atomic mass is 10.3. The van der Waals surface area contributed by atoms with Crippen LogP contribution in [0.5, 0.6) is 0 Å². The molecule has 1 N–H and O–H groups in total. The zero-order valence-corrected chi connectivity index (χ0v) is 10.4. The van der Waals surface area contributed by atoms with Crippen LogP contribution in [0.1, 0.15) is 6.92 Å². The van der Waals surface area contributed by atoms with E-state index in [1.54, 1.807) is 0 Å². The van der Waals surface area contributed by atoms with Crippen molar-refractivity contribution in [3.63, 3.8) is 0 Å². The van der Waals surface area contributed by atoms with Crippen LogP contribution in [0.3, 0.4) is 0 Å². The number of likely N-dealkylation sites (N-methyl/N-ethyl adjacent to an activating group) is 2. The SMILES string of the molecule is CCNCCOCC(=O)N1CCN(C)CC1. The molecule has 1 heterocycles. The molecule has 1 rings (SSSR count). The second-order valence-electron chi connectivity index (χ2n) is 4.09. The van der Waals surface area contributed by atoms with Gasteiger partial charge in [0.05, 0.1) is 6.61 Å². The van der Waals surface area contributed by atoms with Crippen molar-refractivity contribution in [3.05, 3.63) is 0 Å². The van der Waals surface area contributed by atoms with E-state index in [0.29, 0.717) is 6.61 Å². The van der Waals surface area contributed by atoms with E-state index in [-0.39, 0.29) is 12.5 Å². The van der Waals surface area contributed by atoms with Crippen molar-refractivity contribution in [2.24, 2.45) is 0 Å². The first-order valence-corrected chi connectivity index (χ1v) is 5.98. The number of nitrogens with zero attached hydrogens (tertiary/aromatic N) is 2. The normalized spacial score (nSPS) is 17.8. The summed E-state index contributed by atoms with van der Waals surface area (Å²) in [6.07, 6.45) is 0. The van der Waals surface area contributed by atoms with Gasteiger partial charge in [-0.2, -0.15) is 0 Å². The predicted molar refractivity (Wildman–Crippen MR) is 63.4 cm³/mol. The Morgan fingerprint density at radius 3 is 2.62 bits per heavy atom. The van der Waals surface area contributed by atoms with Crippen molar-refractivity contribution in [1.29, 1.82) is 0 Å². The zero-order chi connectivity index (χ0) is 11.8. The first-order valence-electron chi connectivity index (χ1n) is 5.98. The quantitative estimate of drug-likeness (QED) is 0.617. The highest BCUT2D eigenvalue weighted by atomic mass is 16.5. The summed E-state index contributed by atoms with van der Waals surface area (Å²) in [6.45, 7) is 8.20. The molecule has 5 nitrogen and oxygen atoms in total. The number of carbonyl (C=O) groups excluding carboxylic acids is 1. The second kappa shape index (κ2) is 7.60. The Balaban J connectivity index is 2.06. The van der Waals surface area contributed by atoms with Gasteiger partial charge in [-0.25, -0.2) is 0 Å². The summed E-state index contributed by atoms with van der Waals surface area (Å²) < 4.78 is 5.31. The Morgan fingerprint density at radius 2 is 2.00 bits per heavy atom. The molecule has 0 aromatic carbocycles. The predicted octanol–water partition coefficient (Wildman–Crippen LogP) is -0.613. The summed E-state index contributed by atoms with van der Waals surface area (Å²) in [5.74, 6) is 0.115. The summed E-state index contributed by atoms with van der Waals surface area (Å²) in [5.41, 5.74) is 0. The molecule has 0 aromatic heterocycles. The first-order chi connectivity index (χ1) is 7.74. The lowest BCUT2D eigenvalue weighted by Gasteiger charge is -2.32. The Hall–Kier alpha value is -0.650. The number of nitrogens with one attached hydrogen (secondary N) is 1. The Morgan fingerprint density at radius 1 is 1.31 bits per heavy atom. The standard InChI is InChI=1S/C11H23N3O2/c1-3-12-4-9-16-10-11(15)14-7-5-13(2)6-8-14/h12H,3-10H2,1-2H3. The molecule has 0 aromatic rings. The van der Waals surface area contributed by atoms with Crippen molar-refractivity contribution >= 4 is 5.91 Å². The highest BCUT2D eigenvalue weighted by molar-refractivity contribution is 5.77. The molecular weight excluding hydrogens is 206 g/mol. The molecule has 0 spiro atoms. The molecule has 16 heavy (non-hydrogen) atoms. The van der Waals surface area contributed by atoms with Gasteiger partial charge in [-0.3, -0.25) is 4.79 Å². The fraction of sp³-hybridized carbons (Fsp3) is 0.909. The van der Waals surface area contributed by atoms with Crippen molar-refractivity contribution in [2.75, 3.05) is 59.5 Å². The van der Waals surface area contributed by atoms with Crippen molar-refractivity contribution in [2.45, 2.75) is 6.92 Å². The number of amides is 1. The number of hydrogen-bond acceptors (Lipinski definition) is 4. The minimum Gasteiger partial charge on any atom is -0.370 e. The van der Waals surface area contributed by atoms with Crippen LogP contribution in [0, 0.1) is 0 Å². The van der Waals surface area contributed by atoms with Gasteiger partial charge in [0.2, 0.25) is 5.91 Å². The molecule has 1 aliphatic rings. The van der Waals surface area contributed by atoms with Gasteiger partial charge in [-0.15, -0.1) is 0 Å². The Labute approximate surface area is 97.7 Å². The molecule has 0 unspecified atom stereocenters. The van der Waals surface area contributed by atoms with Gasteiger partial charge in [0.25, 0.3) is 0 Å². The fourth-order valence-electron chi connectivity index (χ4n) is 1.63. The maximum atomic E-state index is 11.7. The van der Waals surface area contributed by atoms with E-state index in [1.807, 2.05) is 4.90 Å². The zero-order valence-electron chi connectivity index (χ0n) is 10.4. The van der Waals surface area contributed by atoms with Crippen LogP contribution in [0.4, 0.5) is 0 Å². The Kier molecular flexibility index (Phi) is 6.37. The molecule has 0 bridgehead atoms. The van der Waals surface area contributed by atoms with Crippen molar-refractivity contribution in [1.82, 2.24) is 15.1 Å². The molecule has 0 atom stereocenters. The maximum absolute atomic E-state index is 11.7. The monoisotopic (exact) mass is 229 g/mol. The summed E-state index contributed by atoms with van der Waals surface area (Å²) in [6, 6.07) is 0. The number of carbonyl (C=O) groups is 1. The average Bonchev–Trinajstić information content (AvgIpc) is 2.29. The molecule has 5 heteroatoms. The van der Waals surface area contributed by atoms with Gasteiger partial charge >= 0.3 is 0 Å². The lowest BCUT2D eigenvalue weighted by molar-refractivity contribution is -0.137. The van der Waals surface area contributed by atoms with Gasteiger partial charge in [-0.05, 0) is 13.6 Å². The van der Waals surface area contributed by atoms with E-state index in [4.69, 9.17) is 4.74 Å². The van der Waals surface area contributed by atoms with Crippen LogP contribution < -0.4 is 5.32 Å².